The minimum absolute atomic E-state index is 0.269. The molecule has 0 N–H and O–H groups in total. The van der Waals surface area contributed by atoms with Gasteiger partial charge in [-0.3, -0.25) is 0 Å². The molecule has 3 aromatic rings. The van der Waals surface area contributed by atoms with Crippen LogP contribution in [0.15, 0.2) is 60.9 Å². The zero-order chi connectivity index (χ0) is 35.8. The molecule has 2 unspecified atom stereocenters. The Bertz CT molecular complexity index is 1410. The third kappa shape index (κ3) is 13.0. The van der Waals surface area contributed by atoms with Crippen LogP contribution in [0.25, 0.3) is 0 Å². The number of nitrogens with zero attached hydrogens (tertiary/aromatic N) is 2. The summed E-state index contributed by atoms with van der Waals surface area (Å²) < 4.78 is 71.3. The van der Waals surface area contributed by atoms with Gasteiger partial charge in [0.15, 0.2) is 11.2 Å². The number of methoxy groups -OCH3 is 4. The molecule has 0 aliphatic carbocycles. The minimum Gasteiger partial charge on any atom is -0.478 e. The first-order valence-electron chi connectivity index (χ1n) is 15.0. The number of pyridine rings is 2. The topological polar surface area (TPSA) is 125 Å². The molecule has 14 heteroatoms. The Labute approximate surface area is 278 Å². The Balaban J connectivity index is 0.000000365. The van der Waals surface area contributed by atoms with Crippen LogP contribution in [-0.4, -0.2) is 81.1 Å². The first-order valence-corrected chi connectivity index (χ1v) is 15.0. The summed E-state index contributed by atoms with van der Waals surface area (Å²) in [6, 6.07) is 12.7. The highest BCUT2D eigenvalue weighted by Gasteiger charge is 2.35. The van der Waals surface area contributed by atoms with Crippen LogP contribution >= 0.6 is 0 Å². The molecule has 2 atom stereocenters. The molecule has 0 bridgehead atoms. The molecule has 0 amide bonds. The van der Waals surface area contributed by atoms with Gasteiger partial charge in [-0.1, -0.05) is 31.2 Å². The fourth-order valence-electron chi connectivity index (χ4n) is 4.21. The number of carbonyl (C=O) groups is 2. The van der Waals surface area contributed by atoms with Gasteiger partial charge in [0.2, 0.25) is 11.8 Å². The van der Waals surface area contributed by atoms with Gasteiger partial charge in [-0.05, 0) is 49.1 Å². The Kier molecular flexibility index (Phi) is 15.6. The number of alkyl halides is 3. The van der Waals surface area contributed by atoms with Crippen molar-refractivity contribution in [1.29, 1.82) is 0 Å². The van der Waals surface area contributed by atoms with Gasteiger partial charge in [0.25, 0.3) is 0 Å². The van der Waals surface area contributed by atoms with E-state index in [0.717, 1.165) is 23.1 Å². The van der Waals surface area contributed by atoms with E-state index in [1.807, 2.05) is 13.0 Å². The summed E-state index contributed by atoms with van der Waals surface area (Å²) in [5.41, 5.74) is 0.347. The second kappa shape index (κ2) is 18.8. The normalized spacial score (nSPS) is 13.5. The number of benzene rings is 1. The molecular weight excluding hydrogens is 637 g/mol. The first-order chi connectivity index (χ1) is 22.7. The lowest BCUT2D eigenvalue weighted by Crippen LogP contribution is -2.40. The van der Waals surface area contributed by atoms with Gasteiger partial charge in [0.1, 0.15) is 5.75 Å². The van der Waals surface area contributed by atoms with Crippen LogP contribution in [0, 0.1) is 0 Å². The molecule has 0 fully saturated rings. The molecule has 2 heterocycles. The molecule has 264 valence electrons. The van der Waals surface area contributed by atoms with E-state index >= 15 is 0 Å². The molecule has 3 rings (SSSR count). The Morgan fingerprint density at radius 1 is 0.667 bits per heavy atom. The summed E-state index contributed by atoms with van der Waals surface area (Å²) >= 11 is 0. The average Bonchev–Trinajstić information content (AvgIpc) is 3.08. The number of aromatic nitrogens is 2. The maximum atomic E-state index is 12.2. The van der Waals surface area contributed by atoms with Crippen molar-refractivity contribution in [2.24, 2.45) is 0 Å². The Morgan fingerprint density at radius 3 is 1.46 bits per heavy atom. The second-order valence-electron chi connectivity index (χ2n) is 10.9. The summed E-state index contributed by atoms with van der Waals surface area (Å²) in [6.07, 6.45) is 0.671. The van der Waals surface area contributed by atoms with Gasteiger partial charge in [0.05, 0.1) is 27.4 Å². The minimum atomic E-state index is -4.71. The van der Waals surface area contributed by atoms with Gasteiger partial charge >= 0.3 is 18.3 Å². The van der Waals surface area contributed by atoms with Crippen molar-refractivity contribution in [3.05, 3.63) is 77.6 Å². The summed E-state index contributed by atoms with van der Waals surface area (Å²) in [5.74, 6) is -0.173. The molecule has 0 aliphatic rings. The largest absolute Gasteiger partial charge is 0.573 e. The molecule has 0 saturated heterocycles. The molecule has 0 aliphatic heterocycles. The lowest BCUT2D eigenvalue weighted by atomic mass is 9.97. The maximum Gasteiger partial charge on any atom is 0.573 e. The van der Waals surface area contributed by atoms with Crippen LogP contribution < -0.4 is 14.2 Å². The standard InChI is InChI=1S/C20H22F3NO5.C14H21NO4/c1-19(27-3,18(25)26-2)12-15-6-9-17(24-13-15)28-11-10-14-4-7-16(8-5-14)29-20(21,22)23;1-5-8-19-12-7-6-11(10-15-12)9-14(2,18-4)13(16)17-3/h4-9,13H,10-12H2,1-3H3;6-7,10H,5,8-9H2,1-4H3. The summed E-state index contributed by atoms with van der Waals surface area (Å²) in [5, 5.41) is 0. The second-order valence-corrected chi connectivity index (χ2v) is 10.9. The highest BCUT2D eigenvalue weighted by Crippen LogP contribution is 2.24. The number of hydrogen-bond acceptors (Lipinski definition) is 11. The lowest BCUT2D eigenvalue weighted by Gasteiger charge is -2.24. The zero-order valence-electron chi connectivity index (χ0n) is 28.2. The molecule has 1 aromatic carbocycles. The highest BCUT2D eigenvalue weighted by molar-refractivity contribution is 5.79. The van der Waals surface area contributed by atoms with Gasteiger partial charge in [-0.2, -0.15) is 0 Å². The van der Waals surface area contributed by atoms with E-state index in [-0.39, 0.29) is 12.2 Å². The van der Waals surface area contributed by atoms with Crippen molar-refractivity contribution in [1.82, 2.24) is 9.97 Å². The predicted molar refractivity (Wildman–Crippen MR) is 169 cm³/mol. The van der Waals surface area contributed by atoms with Crippen molar-refractivity contribution in [2.75, 3.05) is 41.7 Å². The van der Waals surface area contributed by atoms with Crippen LogP contribution in [0.3, 0.4) is 0 Å². The average molecular weight is 681 g/mol. The number of esters is 2. The molecule has 0 radical (unpaired) electrons. The first kappa shape index (κ1) is 39.7. The number of hydrogen-bond donors (Lipinski definition) is 0. The van der Waals surface area contributed by atoms with E-state index in [9.17, 15) is 22.8 Å². The van der Waals surface area contributed by atoms with E-state index < -0.39 is 29.5 Å². The maximum absolute atomic E-state index is 12.2. The molecule has 0 saturated carbocycles. The fraction of sp³-hybridized carbons (Fsp3) is 0.471. The van der Waals surface area contributed by atoms with Gasteiger partial charge < -0.3 is 33.2 Å². The van der Waals surface area contributed by atoms with Crippen LogP contribution in [0.1, 0.15) is 43.9 Å². The van der Waals surface area contributed by atoms with E-state index in [1.165, 1.54) is 40.6 Å². The molecule has 48 heavy (non-hydrogen) atoms. The van der Waals surface area contributed by atoms with Gasteiger partial charge in [0, 0.05) is 58.0 Å². The predicted octanol–water partition coefficient (Wildman–Crippen LogP) is 5.71. The number of ether oxygens (including phenoxy) is 7. The quantitative estimate of drug-likeness (QED) is 0.173. The molecule has 2 aromatic heterocycles. The fourth-order valence-corrected chi connectivity index (χ4v) is 4.21. The molecule has 11 nitrogen and oxygen atoms in total. The van der Waals surface area contributed by atoms with E-state index in [4.69, 9.17) is 28.4 Å². The van der Waals surface area contributed by atoms with Crippen LogP contribution in [0.4, 0.5) is 13.2 Å². The SMILES string of the molecule is CCCOc1ccc(CC(C)(OC)C(=O)OC)cn1.COC(=O)C(C)(Cc1ccc(OCCc2ccc(OC(F)(F)F)cc2)nc1)OC. The van der Waals surface area contributed by atoms with Crippen molar-refractivity contribution in [3.8, 4) is 17.5 Å². The van der Waals surface area contributed by atoms with Crippen molar-refractivity contribution in [3.63, 3.8) is 0 Å². The van der Waals surface area contributed by atoms with E-state index in [1.54, 1.807) is 56.6 Å². The van der Waals surface area contributed by atoms with Crippen molar-refractivity contribution < 1.29 is 55.9 Å². The zero-order valence-corrected chi connectivity index (χ0v) is 28.2. The molecule has 0 spiro atoms. The smallest absolute Gasteiger partial charge is 0.478 e. The van der Waals surface area contributed by atoms with E-state index in [0.29, 0.717) is 37.8 Å². The van der Waals surface area contributed by atoms with E-state index in [2.05, 4.69) is 14.7 Å². The highest BCUT2D eigenvalue weighted by atomic mass is 19.4. The summed E-state index contributed by atoms with van der Waals surface area (Å²) in [6.45, 7) is 6.30. The third-order valence-corrected chi connectivity index (χ3v) is 7.07. The van der Waals surface area contributed by atoms with Gasteiger partial charge in [-0.25, -0.2) is 19.6 Å². The van der Waals surface area contributed by atoms with Crippen molar-refractivity contribution in [2.45, 2.75) is 64.0 Å². The number of halogens is 3. The number of carbonyl (C=O) groups excluding carboxylic acids is 2. The summed E-state index contributed by atoms with van der Waals surface area (Å²) in [4.78, 5) is 31.9. The van der Waals surface area contributed by atoms with Crippen LogP contribution in [0.2, 0.25) is 0 Å². The Morgan fingerprint density at radius 2 is 1.10 bits per heavy atom. The molecular formula is C34H43F3N2O9. The summed E-state index contributed by atoms with van der Waals surface area (Å²) in [7, 11) is 5.57. The van der Waals surface area contributed by atoms with Crippen LogP contribution in [0.5, 0.6) is 17.5 Å². The third-order valence-electron chi connectivity index (χ3n) is 7.07. The lowest BCUT2D eigenvalue weighted by molar-refractivity contribution is -0.274. The van der Waals surface area contributed by atoms with Crippen LogP contribution in [-0.2, 0) is 47.8 Å². The monoisotopic (exact) mass is 680 g/mol. The number of rotatable bonds is 16. The Hall–Kier alpha value is -4.43. The van der Waals surface area contributed by atoms with Crippen molar-refractivity contribution >= 4 is 11.9 Å². The van der Waals surface area contributed by atoms with Gasteiger partial charge in [-0.15, -0.1) is 13.2 Å².